The van der Waals surface area contributed by atoms with Crippen molar-refractivity contribution < 1.29 is 9.53 Å². The van der Waals surface area contributed by atoms with Gasteiger partial charge in [-0.25, -0.2) is 15.0 Å². The number of ketones is 1. The highest BCUT2D eigenvalue weighted by atomic mass is 16.5. The van der Waals surface area contributed by atoms with Crippen molar-refractivity contribution in [3.8, 4) is 41.0 Å². The van der Waals surface area contributed by atoms with Gasteiger partial charge in [0.05, 0.1) is 22.2 Å². The Labute approximate surface area is 248 Å². The van der Waals surface area contributed by atoms with Crippen molar-refractivity contribution in [1.82, 2.24) is 19.5 Å². The summed E-state index contributed by atoms with van der Waals surface area (Å²) in [6.07, 6.45) is 8.80. The second-order valence-corrected chi connectivity index (χ2v) is 11.1. The number of carbonyl (C=O) groups is 1. The quantitative estimate of drug-likeness (QED) is 0.120. The number of nitrogens with zero attached hydrogens (tertiary/aromatic N) is 4. The van der Waals surface area contributed by atoms with Crippen molar-refractivity contribution in [2.75, 3.05) is 6.61 Å². The summed E-state index contributed by atoms with van der Waals surface area (Å²) in [5, 5.41) is 0.880. The second kappa shape index (κ2) is 12.6. The monoisotopic (exact) mass is 558 g/mol. The van der Waals surface area contributed by atoms with E-state index in [0.29, 0.717) is 29.7 Å². The molecule has 0 saturated heterocycles. The topological polar surface area (TPSA) is 69.9 Å². The first kappa shape index (κ1) is 29.0. The molecule has 0 spiro atoms. The molecule has 6 nitrogen and oxygen atoms in total. The van der Waals surface area contributed by atoms with Gasteiger partial charge in [0.2, 0.25) is 0 Å². The third-order valence-corrected chi connectivity index (χ3v) is 7.65. The summed E-state index contributed by atoms with van der Waals surface area (Å²) in [5.41, 5.74) is 7.34. The molecule has 2 heterocycles. The minimum Gasteiger partial charge on any atom is -0.481 e. The van der Waals surface area contributed by atoms with Crippen molar-refractivity contribution in [3.05, 3.63) is 71.3 Å². The molecule has 42 heavy (non-hydrogen) atoms. The highest BCUT2D eigenvalue weighted by molar-refractivity contribution is 6.01. The zero-order chi connectivity index (χ0) is 29.8. The molecule has 2 aromatic heterocycles. The molecule has 0 aliphatic rings. The Hall–Kier alpha value is -4.50. The predicted octanol–water partition coefficient (Wildman–Crippen LogP) is 8.54. The van der Waals surface area contributed by atoms with Crippen LogP contribution in [-0.4, -0.2) is 31.9 Å². The molecule has 0 radical (unpaired) electrons. The van der Waals surface area contributed by atoms with Crippen LogP contribution in [-0.2, 0) is 6.54 Å². The van der Waals surface area contributed by atoms with Crippen molar-refractivity contribution in [3.63, 3.8) is 0 Å². The van der Waals surface area contributed by atoms with Gasteiger partial charge in [0.25, 0.3) is 0 Å². The molecule has 6 heteroatoms. The maximum absolute atomic E-state index is 12.9. The number of fused-ring (bicyclic) bond motifs is 2. The fourth-order valence-corrected chi connectivity index (χ4v) is 5.32. The average Bonchev–Trinajstić information content (AvgIpc) is 3.35. The molecule has 0 atom stereocenters. The van der Waals surface area contributed by atoms with Gasteiger partial charge in [0, 0.05) is 29.5 Å². The molecule has 0 fully saturated rings. The van der Waals surface area contributed by atoms with Gasteiger partial charge in [-0.05, 0) is 67.1 Å². The van der Waals surface area contributed by atoms with Crippen LogP contribution in [0.4, 0.5) is 0 Å². The summed E-state index contributed by atoms with van der Waals surface area (Å²) >= 11 is 0. The lowest BCUT2D eigenvalue weighted by atomic mass is 9.99. The van der Waals surface area contributed by atoms with Crippen LogP contribution in [0.15, 0.2) is 54.6 Å². The lowest BCUT2D eigenvalue weighted by molar-refractivity contribution is 0.0981. The summed E-state index contributed by atoms with van der Waals surface area (Å²) in [6.45, 7) is 11.5. The highest BCUT2D eigenvalue weighted by Gasteiger charge is 2.21. The number of hydrogen-bond donors (Lipinski definition) is 0. The Morgan fingerprint density at radius 3 is 2.45 bits per heavy atom. The van der Waals surface area contributed by atoms with Crippen molar-refractivity contribution in [1.29, 1.82) is 0 Å². The van der Waals surface area contributed by atoms with Gasteiger partial charge >= 0.3 is 0 Å². The smallest absolute Gasteiger partial charge is 0.197 e. The zero-order valence-electron chi connectivity index (χ0n) is 25.2. The largest absolute Gasteiger partial charge is 0.481 e. The van der Waals surface area contributed by atoms with Gasteiger partial charge in [-0.1, -0.05) is 64.3 Å². The zero-order valence-corrected chi connectivity index (χ0v) is 25.2. The number of aryl methyl sites for hydroxylation is 2. The number of Topliss-reactive ketones (excluding diaryl/α,β-unsaturated/α-hetero) is 1. The van der Waals surface area contributed by atoms with Gasteiger partial charge in [0.1, 0.15) is 12.4 Å². The molecule has 5 rings (SSSR count). The SMILES string of the molecule is C#CCOc1ccc2nc(-c3nc4cc(C(=O)CCC)c(C)cc4n3CCCC)nc(-c3ccc(C(C)C)cc3)c2c1. The number of ether oxygens (including phenoxy) is 1. The standard InChI is InChI=1S/C36H38N4O2/c1-7-10-18-40-32-20-24(6)28(33(41)11-8-2)22-31(32)38-36(40)35-37-30-17-16-27(42-19-9-3)21-29(30)34(39-35)26-14-12-25(13-15-26)23(4)5/h3,12-17,20-23H,7-8,10-11,18-19H2,1-2,4-6H3. The van der Waals surface area contributed by atoms with Crippen LogP contribution in [0.1, 0.15) is 80.8 Å². The first-order valence-corrected chi connectivity index (χ1v) is 14.9. The number of aromatic nitrogens is 4. The molecular weight excluding hydrogens is 520 g/mol. The number of terminal acetylenes is 1. The van der Waals surface area contributed by atoms with Crippen LogP contribution in [0.2, 0.25) is 0 Å². The molecule has 0 N–H and O–H groups in total. The minimum absolute atomic E-state index is 0.151. The molecule has 214 valence electrons. The molecule has 0 amide bonds. The van der Waals surface area contributed by atoms with E-state index in [1.807, 2.05) is 38.1 Å². The number of imidazole rings is 1. The molecule has 0 bridgehead atoms. The van der Waals surface area contributed by atoms with E-state index in [0.717, 1.165) is 70.1 Å². The minimum atomic E-state index is 0.151. The summed E-state index contributed by atoms with van der Waals surface area (Å²) in [7, 11) is 0. The third-order valence-electron chi connectivity index (χ3n) is 7.65. The van der Waals surface area contributed by atoms with Crippen molar-refractivity contribution >= 4 is 27.7 Å². The van der Waals surface area contributed by atoms with Crippen LogP contribution in [0.3, 0.4) is 0 Å². The van der Waals surface area contributed by atoms with Gasteiger partial charge < -0.3 is 9.30 Å². The fraction of sp³-hybridized carbons (Fsp3) is 0.333. The van der Waals surface area contributed by atoms with E-state index < -0.39 is 0 Å². The summed E-state index contributed by atoms with van der Waals surface area (Å²) < 4.78 is 7.95. The van der Waals surface area contributed by atoms with Gasteiger partial charge in [-0.15, -0.1) is 6.42 Å². The van der Waals surface area contributed by atoms with Crippen LogP contribution in [0.5, 0.6) is 5.75 Å². The molecule has 3 aromatic carbocycles. The second-order valence-electron chi connectivity index (χ2n) is 11.1. The van der Waals surface area contributed by atoms with E-state index >= 15 is 0 Å². The number of unbranched alkanes of at least 4 members (excludes halogenated alkanes) is 1. The first-order valence-electron chi connectivity index (χ1n) is 14.9. The van der Waals surface area contributed by atoms with Crippen LogP contribution in [0, 0.1) is 19.3 Å². The Kier molecular flexibility index (Phi) is 8.68. The van der Waals surface area contributed by atoms with E-state index in [2.05, 4.69) is 61.6 Å². The number of rotatable bonds is 11. The summed E-state index contributed by atoms with van der Waals surface area (Å²) in [6, 6.07) is 18.4. The third kappa shape index (κ3) is 5.78. The van der Waals surface area contributed by atoms with E-state index in [4.69, 9.17) is 26.1 Å². The number of carbonyl (C=O) groups excluding carboxylic acids is 1. The Morgan fingerprint density at radius 2 is 1.76 bits per heavy atom. The number of hydrogen-bond acceptors (Lipinski definition) is 5. The molecule has 0 saturated carbocycles. The van der Waals surface area contributed by atoms with Gasteiger partial charge in [-0.3, -0.25) is 4.79 Å². The normalized spacial score (nSPS) is 11.4. The molecular formula is C36H38N4O2. The molecule has 0 aliphatic carbocycles. The van der Waals surface area contributed by atoms with E-state index in [9.17, 15) is 4.79 Å². The first-order chi connectivity index (χ1) is 20.3. The van der Waals surface area contributed by atoms with E-state index in [1.165, 1.54) is 5.56 Å². The molecule has 0 unspecified atom stereocenters. The Morgan fingerprint density at radius 1 is 0.976 bits per heavy atom. The lowest BCUT2D eigenvalue weighted by Crippen LogP contribution is -2.05. The average molecular weight is 559 g/mol. The van der Waals surface area contributed by atoms with E-state index in [-0.39, 0.29) is 12.4 Å². The van der Waals surface area contributed by atoms with Gasteiger partial charge in [0.15, 0.2) is 17.4 Å². The Bertz CT molecular complexity index is 1790. The fourth-order valence-electron chi connectivity index (χ4n) is 5.32. The van der Waals surface area contributed by atoms with E-state index in [1.54, 1.807) is 0 Å². The number of benzene rings is 3. The van der Waals surface area contributed by atoms with Crippen molar-refractivity contribution in [2.24, 2.45) is 0 Å². The van der Waals surface area contributed by atoms with Gasteiger partial charge in [-0.2, -0.15) is 0 Å². The Balaban J connectivity index is 1.74. The predicted molar refractivity (Wildman–Crippen MR) is 171 cm³/mol. The van der Waals surface area contributed by atoms with Crippen molar-refractivity contribution in [2.45, 2.75) is 72.8 Å². The van der Waals surface area contributed by atoms with Crippen LogP contribution < -0.4 is 4.74 Å². The summed E-state index contributed by atoms with van der Waals surface area (Å²) in [4.78, 5) is 28.1. The molecule has 0 aliphatic heterocycles. The van der Waals surface area contributed by atoms with Crippen LogP contribution in [0.25, 0.3) is 44.8 Å². The molecule has 5 aromatic rings. The lowest BCUT2D eigenvalue weighted by Gasteiger charge is -2.13. The maximum atomic E-state index is 12.9. The van der Waals surface area contributed by atoms with Crippen LogP contribution >= 0.6 is 0 Å². The summed E-state index contributed by atoms with van der Waals surface area (Å²) in [5.74, 6) is 5.03. The highest BCUT2D eigenvalue weighted by Crippen LogP contribution is 2.34. The maximum Gasteiger partial charge on any atom is 0.197 e.